The Bertz CT molecular complexity index is 1100. The fraction of sp³-hybridized carbons (Fsp3) is 0.391. The highest BCUT2D eigenvalue weighted by Gasteiger charge is 2.38. The number of carbonyl (C=O) groups excluding carboxylic acids is 1. The van der Waals surface area contributed by atoms with E-state index in [0.717, 1.165) is 54.6 Å². The van der Waals surface area contributed by atoms with Gasteiger partial charge in [-0.25, -0.2) is 4.98 Å². The summed E-state index contributed by atoms with van der Waals surface area (Å²) in [5, 5.41) is 3.76. The molecule has 0 aliphatic carbocycles. The summed E-state index contributed by atoms with van der Waals surface area (Å²) in [5.41, 5.74) is 5.14. The average molecular weight is 469 g/mol. The first-order valence-electron chi connectivity index (χ1n) is 10.3. The van der Waals surface area contributed by atoms with Crippen LogP contribution in [0.25, 0.3) is 5.65 Å². The molecule has 1 saturated heterocycles. The number of pyridine rings is 1. The second-order valence-electron chi connectivity index (χ2n) is 8.35. The second kappa shape index (κ2) is 7.80. The first-order valence-corrected chi connectivity index (χ1v) is 11.1. The van der Waals surface area contributed by atoms with Crippen molar-refractivity contribution in [3.05, 3.63) is 69.6 Å². The summed E-state index contributed by atoms with van der Waals surface area (Å²) in [6.45, 7) is 2.85. The van der Waals surface area contributed by atoms with Gasteiger partial charge in [0.15, 0.2) is 0 Å². The minimum Gasteiger partial charge on any atom is -0.380 e. The molecule has 1 aromatic carbocycles. The number of benzene rings is 1. The molecule has 0 atom stereocenters. The summed E-state index contributed by atoms with van der Waals surface area (Å²) in [6.07, 6.45) is 6.70. The molecule has 1 spiro atoms. The van der Waals surface area contributed by atoms with Gasteiger partial charge in [0, 0.05) is 54.7 Å². The lowest BCUT2D eigenvalue weighted by atomic mass is 9.78. The molecule has 30 heavy (non-hydrogen) atoms. The number of imidazole rings is 1. The van der Waals surface area contributed by atoms with Crippen molar-refractivity contribution in [2.75, 3.05) is 20.2 Å². The Morgan fingerprint density at radius 3 is 2.77 bits per heavy atom. The maximum Gasteiger partial charge on any atom is 0.274 e. The van der Waals surface area contributed by atoms with Crippen molar-refractivity contribution in [1.82, 2.24) is 19.6 Å². The van der Waals surface area contributed by atoms with Gasteiger partial charge >= 0.3 is 0 Å². The molecular formula is C23H25BrN4O2. The first kappa shape index (κ1) is 19.7. The van der Waals surface area contributed by atoms with Gasteiger partial charge in [0.25, 0.3) is 5.91 Å². The molecule has 4 heterocycles. The van der Waals surface area contributed by atoms with Crippen molar-refractivity contribution in [1.29, 1.82) is 0 Å². The van der Waals surface area contributed by atoms with Gasteiger partial charge in [-0.2, -0.15) is 0 Å². The Morgan fingerprint density at radius 2 is 2.00 bits per heavy atom. The third-order valence-corrected chi connectivity index (χ3v) is 6.86. The van der Waals surface area contributed by atoms with Crippen LogP contribution in [0.4, 0.5) is 0 Å². The van der Waals surface area contributed by atoms with E-state index in [1.165, 1.54) is 11.1 Å². The van der Waals surface area contributed by atoms with Crippen LogP contribution in [0.15, 0.2) is 47.2 Å². The molecule has 2 aliphatic rings. The van der Waals surface area contributed by atoms with E-state index in [2.05, 4.69) is 50.5 Å². The number of aromatic nitrogens is 2. The van der Waals surface area contributed by atoms with Gasteiger partial charge in [0.05, 0.1) is 6.61 Å². The molecule has 2 aliphatic heterocycles. The van der Waals surface area contributed by atoms with Gasteiger partial charge in [-0.1, -0.05) is 24.3 Å². The summed E-state index contributed by atoms with van der Waals surface area (Å²) in [4.78, 5) is 19.8. The minimum atomic E-state index is 0.00393. The standard InChI is InChI=1S/C23H25BrN4O2/c1-30-15-18-10-19(24)13-28-14-20(26-21(18)28)22(29)27-8-6-23(7-9-27)11-16-4-2-3-5-17(16)12-25-23/h2-5,10,13-14,25H,6-9,11-12,15H2,1H3. The van der Waals surface area contributed by atoms with E-state index in [4.69, 9.17) is 4.74 Å². The summed E-state index contributed by atoms with van der Waals surface area (Å²) in [5.74, 6) is 0.00393. The quantitative estimate of drug-likeness (QED) is 0.638. The normalized spacial score (nSPS) is 18.0. The largest absolute Gasteiger partial charge is 0.380 e. The number of hydrogen-bond donors (Lipinski definition) is 1. The molecule has 3 aromatic rings. The van der Waals surface area contributed by atoms with Gasteiger partial charge in [-0.15, -0.1) is 0 Å². The summed E-state index contributed by atoms with van der Waals surface area (Å²) >= 11 is 3.52. The van der Waals surface area contributed by atoms with Crippen LogP contribution in [-0.2, 0) is 24.3 Å². The Hall–Kier alpha value is -2.22. The lowest BCUT2D eigenvalue weighted by Crippen LogP contribution is -2.57. The predicted molar refractivity (Wildman–Crippen MR) is 118 cm³/mol. The maximum atomic E-state index is 13.2. The van der Waals surface area contributed by atoms with Crippen LogP contribution in [-0.4, -0.2) is 45.9 Å². The highest BCUT2D eigenvalue weighted by molar-refractivity contribution is 9.10. The van der Waals surface area contributed by atoms with E-state index in [9.17, 15) is 4.79 Å². The fourth-order valence-electron chi connectivity index (χ4n) is 4.76. The second-order valence-corrected chi connectivity index (χ2v) is 9.26. The van der Waals surface area contributed by atoms with Gasteiger partial charge in [0.1, 0.15) is 11.3 Å². The first-order chi connectivity index (χ1) is 14.6. The zero-order valence-electron chi connectivity index (χ0n) is 17.0. The molecule has 6 nitrogen and oxygen atoms in total. The third-order valence-electron chi connectivity index (χ3n) is 6.42. The van der Waals surface area contributed by atoms with E-state index in [1.54, 1.807) is 7.11 Å². The van der Waals surface area contributed by atoms with E-state index in [-0.39, 0.29) is 11.4 Å². The zero-order chi connectivity index (χ0) is 20.7. The fourth-order valence-corrected chi connectivity index (χ4v) is 5.26. The molecule has 156 valence electrons. The number of hydrogen-bond acceptors (Lipinski definition) is 4. The van der Waals surface area contributed by atoms with Crippen molar-refractivity contribution in [3.8, 4) is 0 Å². The predicted octanol–water partition coefficient (Wildman–Crippen LogP) is 3.56. The zero-order valence-corrected chi connectivity index (χ0v) is 18.6. The van der Waals surface area contributed by atoms with Crippen LogP contribution in [0.2, 0.25) is 0 Å². The lowest BCUT2D eigenvalue weighted by Gasteiger charge is -2.45. The number of rotatable bonds is 3. The molecule has 1 N–H and O–H groups in total. The SMILES string of the molecule is COCc1cc(Br)cn2cc(C(=O)N3CCC4(CC3)Cc3ccccc3CN4)nc12. The van der Waals surface area contributed by atoms with Crippen LogP contribution < -0.4 is 5.32 Å². The van der Waals surface area contributed by atoms with Gasteiger partial charge in [-0.05, 0) is 52.4 Å². The highest BCUT2D eigenvalue weighted by atomic mass is 79.9. The van der Waals surface area contributed by atoms with Crippen molar-refractivity contribution < 1.29 is 9.53 Å². The van der Waals surface area contributed by atoms with E-state index >= 15 is 0 Å². The number of nitrogens with one attached hydrogen (secondary N) is 1. The van der Waals surface area contributed by atoms with Gasteiger partial charge < -0.3 is 19.4 Å². The highest BCUT2D eigenvalue weighted by Crippen LogP contribution is 2.32. The van der Waals surface area contributed by atoms with Crippen molar-refractivity contribution in [2.24, 2.45) is 0 Å². The van der Waals surface area contributed by atoms with Crippen LogP contribution in [0.5, 0.6) is 0 Å². The molecule has 0 saturated carbocycles. The molecule has 2 aromatic heterocycles. The minimum absolute atomic E-state index is 0.00393. The van der Waals surface area contributed by atoms with E-state index < -0.39 is 0 Å². The van der Waals surface area contributed by atoms with E-state index in [0.29, 0.717) is 12.3 Å². The van der Waals surface area contributed by atoms with Crippen LogP contribution in [0.3, 0.4) is 0 Å². The molecular weight excluding hydrogens is 444 g/mol. The van der Waals surface area contributed by atoms with Gasteiger partial charge in [-0.3, -0.25) is 4.79 Å². The Labute approximate surface area is 184 Å². The van der Waals surface area contributed by atoms with Crippen molar-refractivity contribution >= 4 is 27.5 Å². The van der Waals surface area contributed by atoms with Crippen LogP contribution >= 0.6 is 15.9 Å². The topological polar surface area (TPSA) is 58.9 Å². The monoisotopic (exact) mass is 468 g/mol. The molecule has 1 fully saturated rings. The summed E-state index contributed by atoms with van der Waals surface area (Å²) < 4.78 is 8.12. The molecule has 0 bridgehead atoms. The van der Waals surface area contributed by atoms with Crippen molar-refractivity contribution in [3.63, 3.8) is 0 Å². The number of carbonyl (C=O) groups is 1. The summed E-state index contributed by atoms with van der Waals surface area (Å²) in [6, 6.07) is 10.6. The Balaban J connectivity index is 1.32. The number of methoxy groups -OCH3 is 1. The number of ether oxygens (including phenoxy) is 1. The number of likely N-dealkylation sites (tertiary alicyclic amines) is 1. The number of amides is 1. The van der Waals surface area contributed by atoms with Crippen molar-refractivity contribution in [2.45, 2.75) is 38.0 Å². The molecule has 5 rings (SSSR count). The number of piperidine rings is 1. The third kappa shape index (κ3) is 3.55. The van der Waals surface area contributed by atoms with Gasteiger partial charge in [0.2, 0.25) is 0 Å². The number of halogens is 1. The Kier molecular flexibility index (Phi) is 5.13. The van der Waals surface area contributed by atoms with Crippen LogP contribution in [0, 0.1) is 0 Å². The summed E-state index contributed by atoms with van der Waals surface area (Å²) in [7, 11) is 1.66. The average Bonchev–Trinajstić information content (AvgIpc) is 3.18. The Morgan fingerprint density at radius 1 is 1.23 bits per heavy atom. The molecule has 7 heteroatoms. The number of fused-ring (bicyclic) bond motifs is 2. The maximum absolute atomic E-state index is 13.2. The van der Waals surface area contributed by atoms with Crippen LogP contribution in [0.1, 0.15) is 40.0 Å². The van der Waals surface area contributed by atoms with E-state index in [1.807, 2.05) is 27.8 Å². The number of nitrogens with zero attached hydrogens (tertiary/aromatic N) is 3. The molecule has 1 amide bonds. The molecule has 0 radical (unpaired) electrons. The smallest absolute Gasteiger partial charge is 0.274 e. The lowest BCUT2D eigenvalue weighted by molar-refractivity contribution is 0.0626. The molecule has 0 unspecified atom stereocenters.